The number of benzene rings is 1. The van der Waals surface area contributed by atoms with Crippen molar-refractivity contribution in [3.63, 3.8) is 0 Å². The van der Waals surface area contributed by atoms with E-state index in [0.29, 0.717) is 18.4 Å². The lowest BCUT2D eigenvalue weighted by molar-refractivity contribution is -0.159. The number of carbonyl (C=O) groups excluding carboxylic acids is 3. The van der Waals surface area contributed by atoms with Crippen LogP contribution in [0.15, 0.2) is 24.3 Å². The summed E-state index contributed by atoms with van der Waals surface area (Å²) in [6.45, 7) is 1.41. The molecule has 2 fully saturated rings. The number of ether oxygens (including phenoxy) is 1. The number of carbonyl (C=O) groups is 3. The third-order valence-electron chi connectivity index (χ3n) is 4.87. The lowest BCUT2D eigenvalue weighted by Crippen LogP contribution is -2.44. The number of amides is 2. The van der Waals surface area contributed by atoms with Crippen molar-refractivity contribution in [1.82, 2.24) is 4.90 Å². The van der Waals surface area contributed by atoms with Gasteiger partial charge < -0.3 is 4.74 Å². The Morgan fingerprint density at radius 3 is 2.46 bits per heavy atom. The van der Waals surface area contributed by atoms with Gasteiger partial charge in [0.15, 0.2) is 0 Å². The van der Waals surface area contributed by atoms with E-state index in [2.05, 4.69) is 0 Å². The first kappa shape index (κ1) is 16.6. The number of rotatable bonds is 4. The standard InChI is InChI=1S/C18H20FNO4/c1-11(18(23)24-10-12-5-4-6-13(19)9-12)20-16(21)14-7-2-3-8-15(14)17(20)22/h4-6,9,11,14-15H,2-3,7-8,10H2,1H3. The summed E-state index contributed by atoms with van der Waals surface area (Å²) in [5.41, 5.74) is 0.517. The largest absolute Gasteiger partial charge is 0.459 e. The molecule has 128 valence electrons. The van der Waals surface area contributed by atoms with Crippen LogP contribution in [0.1, 0.15) is 38.2 Å². The maximum absolute atomic E-state index is 13.1. The lowest BCUT2D eigenvalue weighted by atomic mass is 9.81. The normalized spacial score (nSPS) is 24.7. The minimum absolute atomic E-state index is 0.0932. The Morgan fingerprint density at radius 2 is 1.88 bits per heavy atom. The highest BCUT2D eigenvalue weighted by Crippen LogP contribution is 2.38. The molecule has 6 heteroatoms. The van der Waals surface area contributed by atoms with E-state index in [4.69, 9.17) is 4.74 Å². The molecule has 24 heavy (non-hydrogen) atoms. The molecule has 1 heterocycles. The van der Waals surface area contributed by atoms with Crippen molar-refractivity contribution in [2.75, 3.05) is 0 Å². The molecule has 0 N–H and O–H groups in total. The van der Waals surface area contributed by atoms with Crippen LogP contribution in [0.4, 0.5) is 4.39 Å². The highest BCUT2D eigenvalue weighted by molar-refractivity contribution is 6.07. The molecular weight excluding hydrogens is 313 g/mol. The van der Waals surface area contributed by atoms with E-state index >= 15 is 0 Å². The van der Waals surface area contributed by atoms with Gasteiger partial charge in [-0.15, -0.1) is 0 Å². The molecule has 0 aromatic heterocycles. The SMILES string of the molecule is CC(C(=O)OCc1cccc(F)c1)N1C(=O)C2CCCCC2C1=O. The molecular formula is C18H20FNO4. The Labute approximate surface area is 139 Å². The number of hydrogen-bond donors (Lipinski definition) is 0. The summed E-state index contributed by atoms with van der Waals surface area (Å²) in [6, 6.07) is 4.79. The number of fused-ring (bicyclic) bond motifs is 1. The van der Waals surface area contributed by atoms with E-state index in [0.717, 1.165) is 17.7 Å². The predicted molar refractivity (Wildman–Crippen MR) is 83.0 cm³/mol. The van der Waals surface area contributed by atoms with Gasteiger partial charge in [-0.1, -0.05) is 25.0 Å². The quantitative estimate of drug-likeness (QED) is 0.627. The number of imide groups is 1. The molecule has 1 aromatic carbocycles. The van der Waals surface area contributed by atoms with Gasteiger partial charge in [-0.05, 0) is 37.5 Å². The van der Waals surface area contributed by atoms with Gasteiger partial charge >= 0.3 is 5.97 Å². The number of nitrogens with zero attached hydrogens (tertiary/aromatic N) is 1. The molecule has 1 aliphatic heterocycles. The molecule has 2 aliphatic rings. The molecule has 3 atom stereocenters. The van der Waals surface area contributed by atoms with Crippen LogP contribution in [0, 0.1) is 17.7 Å². The molecule has 3 rings (SSSR count). The zero-order valence-electron chi connectivity index (χ0n) is 13.5. The number of halogens is 1. The Bertz CT molecular complexity index is 651. The summed E-state index contributed by atoms with van der Waals surface area (Å²) in [5.74, 6) is -2.17. The molecule has 1 aromatic rings. The molecule has 3 unspecified atom stereocenters. The van der Waals surface area contributed by atoms with E-state index in [1.54, 1.807) is 6.07 Å². The maximum atomic E-state index is 13.1. The van der Waals surface area contributed by atoms with E-state index in [1.807, 2.05) is 0 Å². The first-order valence-electron chi connectivity index (χ1n) is 8.27. The molecule has 0 spiro atoms. The van der Waals surface area contributed by atoms with Crippen LogP contribution < -0.4 is 0 Å². The van der Waals surface area contributed by atoms with Gasteiger partial charge in [-0.2, -0.15) is 0 Å². The number of hydrogen-bond acceptors (Lipinski definition) is 4. The molecule has 5 nitrogen and oxygen atoms in total. The van der Waals surface area contributed by atoms with Gasteiger partial charge in [0.1, 0.15) is 18.5 Å². The van der Waals surface area contributed by atoms with E-state index in [9.17, 15) is 18.8 Å². The molecule has 2 amide bonds. The van der Waals surface area contributed by atoms with Crippen LogP contribution in [0.5, 0.6) is 0 Å². The van der Waals surface area contributed by atoms with Crippen molar-refractivity contribution in [2.24, 2.45) is 11.8 Å². The van der Waals surface area contributed by atoms with Crippen LogP contribution in [0.2, 0.25) is 0 Å². The van der Waals surface area contributed by atoms with Crippen molar-refractivity contribution < 1.29 is 23.5 Å². The van der Waals surface area contributed by atoms with Gasteiger partial charge in [0.05, 0.1) is 11.8 Å². The zero-order valence-corrected chi connectivity index (χ0v) is 13.5. The summed E-state index contributed by atoms with van der Waals surface area (Å²) in [4.78, 5) is 38.2. The lowest BCUT2D eigenvalue weighted by Gasteiger charge is -2.21. The summed E-state index contributed by atoms with van der Waals surface area (Å²) in [5, 5.41) is 0. The molecule has 1 saturated carbocycles. The smallest absolute Gasteiger partial charge is 0.329 e. The van der Waals surface area contributed by atoms with Crippen LogP contribution in [-0.4, -0.2) is 28.7 Å². The fourth-order valence-electron chi connectivity index (χ4n) is 3.58. The van der Waals surface area contributed by atoms with Crippen molar-refractivity contribution in [1.29, 1.82) is 0 Å². The molecule has 0 bridgehead atoms. The van der Waals surface area contributed by atoms with Gasteiger partial charge in [0.25, 0.3) is 0 Å². The second kappa shape index (κ2) is 6.71. The van der Waals surface area contributed by atoms with Crippen molar-refractivity contribution >= 4 is 17.8 Å². The zero-order chi connectivity index (χ0) is 17.3. The molecule has 1 aliphatic carbocycles. The Kier molecular flexibility index (Phi) is 4.64. The van der Waals surface area contributed by atoms with Gasteiger partial charge in [0, 0.05) is 0 Å². The topological polar surface area (TPSA) is 63.7 Å². The minimum Gasteiger partial charge on any atom is -0.459 e. The maximum Gasteiger partial charge on any atom is 0.329 e. The highest BCUT2D eigenvalue weighted by atomic mass is 19.1. The van der Waals surface area contributed by atoms with Gasteiger partial charge in [-0.25, -0.2) is 9.18 Å². The van der Waals surface area contributed by atoms with Crippen LogP contribution in [0.25, 0.3) is 0 Å². The third-order valence-corrected chi connectivity index (χ3v) is 4.87. The number of esters is 1. The van der Waals surface area contributed by atoms with Gasteiger partial charge in [0.2, 0.25) is 11.8 Å². The van der Waals surface area contributed by atoms with E-state index in [1.165, 1.54) is 25.1 Å². The minimum atomic E-state index is -0.954. The number of likely N-dealkylation sites (tertiary alicyclic amines) is 1. The Hall–Kier alpha value is -2.24. The average Bonchev–Trinajstić information content (AvgIpc) is 2.84. The fourth-order valence-corrected chi connectivity index (χ4v) is 3.58. The monoisotopic (exact) mass is 333 g/mol. The predicted octanol–water partition coefficient (Wildman–Crippen LogP) is 2.43. The van der Waals surface area contributed by atoms with Crippen LogP contribution >= 0.6 is 0 Å². The third kappa shape index (κ3) is 3.05. The summed E-state index contributed by atoms with van der Waals surface area (Å²) in [7, 11) is 0. The van der Waals surface area contributed by atoms with Crippen LogP contribution in [-0.2, 0) is 25.7 Å². The Morgan fingerprint density at radius 1 is 1.25 bits per heavy atom. The average molecular weight is 333 g/mol. The summed E-state index contributed by atoms with van der Waals surface area (Å²) < 4.78 is 18.3. The van der Waals surface area contributed by atoms with Crippen molar-refractivity contribution in [2.45, 2.75) is 45.3 Å². The highest BCUT2D eigenvalue weighted by Gasteiger charge is 2.51. The van der Waals surface area contributed by atoms with Crippen LogP contribution in [0.3, 0.4) is 0 Å². The first-order valence-corrected chi connectivity index (χ1v) is 8.27. The fraction of sp³-hybridized carbons (Fsp3) is 0.500. The second-order valence-corrected chi connectivity index (χ2v) is 6.46. The Balaban J connectivity index is 1.65. The van der Waals surface area contributed by atoms with E-state index in [-0.39, 0.29) is 30.3 Å². The van der Waals surface area contributed by atoms with Gasteiger partial charge in [-0.3, -0.25) is 14.5 Å². The first-order chi connectivity index (χ1) is 11.5. The summed E-state index contributed by atoms with van der Waals surface area (Å²) >= 11 is 0. The second-order valence-electron chi connectivity index (χ2n) is 6.46. The van der Waals surface area contributed by atoms with Crippen molar-refractivity contribution in [3.8, 4) is 0 Å². The summed E-state index contributed by atoms with van der Waals surface area (Å²) in [6.07, 6.45) is 3.28. The molecule has 1 saturated heterocycles. The van der Waals surface area contributed by atoms with E-state index < -0.39 is 17.8 Å². The van der Waals surface area contributed by atoms with Crippen molar-refractivity contribution in [3.05, 3.63) is 35.6 Å². The molecule has 0 radical (unpaired) electrons.